The molecular formula is C26H41N7. The largest absolute Gasteiger partial charge is 0.376 e. The molecule has 180 valence electrons. The quantitative estimate of drug-likeness (QED) is 0.665. The molecule has 0 saturated heterocycles. The van der Waals surface area contributed by atoms with Gasteiger partial charge < -0.3 is 19.6 Å². The van der Waals surface area contributed by atoms with E-state index in [0.29, 0.717) is 17.7 Å². The van der Waals surface area contributed by atoms with E-state index in [1.54, 1.807) is 6.20 Å². The molecule has 4 rings (SSSR count). The van der Waals surface area contributed by atoms with E-state index >= 15 is 0 Å². The molecule has 1 aliphatic carbocycles. The minimum absolute atomic E-state index is 0.478. The van der Waals surface area contributed by atoms with Crippen LogP contribution < -0.4 is 19.6 Å². The minimum atomic E-state index is 0.478. The van der Waals surface area contributed by atoms with Crippen LogP contribution in [0, 0.1) is 11.3 Å². The molecule has 1 fully saturated rings. The fourth-order valence-corrected chi connectivity index (χ4v) is 3.60. The van der Waals surface area contributed by atoms with Crippen LogP contribution in [0.15, 0.2) is 24.5 Å². The van der Waals surface area contributed by atoms with Gasteiger partial charge in [0.25, 0.3) is 0 Å². The lowest BCUT2D eigenvalue weighted by Gasteiger charge is -2.34. The lowest BCUT2D eigenvalue weighted by Crippen LogP contribution is -2.36. The topological polar surface area (TPSA) is 62.5 Å². The van der Waals surface area contributed by atoms with Crippen LogP contribution in [0.5, 0.6) is 0 Å². The number of aromatic nitrogens is 2. The van der Waals surface area contributed by atoms with Crippen LogP contribution in [0.3, 0.4) is 0 Å². The predicted octanol–water partition coefficient (Wildman–Crippen LogP) is 4.74. The molecule has 0 radical (unpaired) electrons. The standard InChI is InChI=1S/C14H23N3.C10H12N4.C2H6/c1-10(2)17(5)14-9-15-12(11-6-7-11)8-13(14)16(3)4;1-13-3-4-14(2)10-7-12-8(6-11)5-9(10)13;1-2/h8-11H,6-7H2,1-5H3;5,7H,3-4H2,1-2H3;1-2H3. The lowest BCUT2D eigenvalue weighted by molar-refractivity contribution is 0.750. The van der Waals surface area contributed by atoms with E-state index < -0.39 is 0 Å². The SMILES string of the molecule is CC.CC(C)N(C)c1cnc(C2CC2)cc1N(C)C.CN1CCN(C)c2cc(C#N)ncc21. The van der Waals surface area contributed by atoms with Crippen molar-refractivity contribution in [2.45, 2.75) is 52.5 Å². The smallest absolute Gasteiger partial charge is 0.142 e. The van der Waals surface area contributed by atoms with Crippen molar-refractivity contribution in [1.82, 2.24) is 9.97 Å². The molecule has 0 bridgehead atoms. The molecule has 7 heteroatoms. The number of hydrogen-bond acceptors (Lipinski definition) is 7. The molecule has 3 heterocycles. The van der Waals surface area contributed by atoms with Crippen LogP contribution in [0.2, 0.25) is 0 Å². The number of fused-ring (bicyclic) bond motifs is 1. The van der Waals surface area contributed by atoms with E-state index in [2.05, 4.69) is 76.7 Å². The number of rotatable bonds is 4. The second-order valence-electron chi connectivity index (χ2n) is 8.98. The first-order chi connectivity index (χ1) is 15.7. The number of pyridine rings is 2. The number of nitriles is 1. The molecule has 0 atom stereocenters. The Morgan fingerprint density at radius 2 is 1.55 bits per heavy atom. The molecule has 1 saturated carbocycles. The minimum Gasteiger partial charge on any atom is -0.376 e. The van der Waals surface area contributed by atoms with Gasteiger partial charge in [-0.3, -0.25) is 4.98 Å². The summed E-state index contributed by atoms with van der Waals surface area (Å²) < 4.78 is 0. The molecule has 2 aromatic rings. The van der Waals surface area contributed by atoms with Crippen molar-refractivity contribution in [3.05, 3.63) is 35.9 Å². The van der Waals surface area contributed by atoms with Crippen molar-refractivity contribution in [3.8, 4) is 6.07 Å². The summed E-state index contributed by atoms with van der Waals surface area (Å²) in [4.78, 5) is 17.5. The molecule has 2 aliphatic rings. The van der Waals surface area contributed by atoms with E-state index in [4.69, 9.17) is 5.26 Å². The number of hydrogen-bond donors (Lipinski definition) is 0. The van der Waals surface area contributed by atoms with Crippen molar-refractivity contribution in [1.29, 1.82) is 5.26 Å². The first kappa shape index (κ1) is 26.2. The van der Waals surface area contributed by atoms with Gasteiger partial charge in [0.2, 0.25) is 0 Å². The molecule has 0 aromatic carbocycles. The zero-order valence-electron chi connectivity index (χ0n) is 21.9. The van der Waals surface area contributed by atoms with Crippen LogP contribution in [-0.2, 0) is 0 Å². The van der Waals surface area contributed by atoms with Gasteiger partial charge in [-0.2, -0.15) is 5.26 Å². The second-order valence-corrected chi connectivity index (χ2v) is 8.98. The highest BCUT2D eigenvalue weighted by atomic mass is 15.2. The van der Waals surface area contributed by atoms with E-state index in [1.807, 2.05) is 40.2 Å². The summed E-state index contributed by atoms with van der Waals surface area (Å²) >= 11 is 0. The summed E-state index contributed by atoms with van der Waals surface area (Å²) in [5.74, 6) is 0.715. The summed E-state index contributed by atoms with van der Waals surface area (Å²) in [5, 5.41) is 8.75. The Morgan fingerprint density at radius 1 is 0.939 bits per heavy atom. The third-order valence-electron chi connectivity index (χ3n) is 6.08. The third-order valence-corrected chi connectivity index (χ3v) is 6.08. The van der Waals surface area contributed by atoms with Gasteiger partial charge in [0.05, 0.1) is 35.1 Å². The summed E-state index contributed by atoms with van der Waals surface area (Å²) in [7, 11) is 10.4. The first-order valence-corrected chi connectivity index (χ1v) is 12.0. The van der Waals surface area contributed by atoms with Gasteiger partial charge in [-0.05, 0) is 32.8 Å². The highest BCUT2D eigenvalue weighted by molar-refractivity contribution is 5.73. The molecule has 0 spiro atoms. The fourth-order valence-electron chi connectivity index (χ4n) is 3.60. The molecule has 2 aromatic heterocycles. The Kier molecular flexibility index (Phi) is 9.33. The van der Waals surface area contributed by atoms with Crippen molar-refractivity contribution in [2.24, 2.45) is 0 Å². The van der Waals surface area contributed by atoms with Gasteiger partial charge >= 0.3 is 0 Å². The van der Waals surface area contributed by atoms with Crippen molar-refractivity contribution in [3.63, 3.8) is 0 Å². The van der Waals surface area contributed by atoms with E-state index in [0.717, 1.165) is 24.5 Å². The average Bonchev–Trinajstić information content (AvgIpc) is 3.67. The average molecular weight is 452 g/mol. The van der Waals surface area contributed by atoms with Gasteiger partial charge in [0.1, 0.15) is 11.8 Å². The van der Waals surface area contributed by atoms with Crippen LogP contribution in [0.1, 0.15) is 57.8 Å². The van der Waals surface area contributed by atoms with Crippen molar-refractivity contribution < 1.29 is 0 Å². The van der Waals surface area contributed by atoms with E-state index in [-0.39, 0.29) is 0 Å². The van der Waals surface area contributed by atoms with E-state index in [1.165, 1.54) is 29.9 Å². The van der Waals surface area contributed by atoms with Crippen molar-refractivity contribution >= 4 is 22.7 Å². The van der Waals surface area contributed by atoms with Gasteiger partial charge in [0.15, 0.2) is 0 Å². The molecule has 0 N–H and O–H groups in total. The summed E-state index contributed by atoms with van der Waals surface area (Å²) in [5.41, 5.74) is 6.41. The van der Waals surface area contributed by atoms with Gasteiger partial charge in [-0.1, -0.05) is 13.8 Å². The number of likely N-dealkylation sites (N-methyl/N-ethyl adjacent to an activating group) is 2. The van der Waals surface area contributed by atoms with Gasteiger partial charge in [-0.25, -0.2) is 4.98 Å². The lowest BCUT2D eigenvalue weighted by atomic mass is 10.2. The second kappa shape index (κ2) is 11.7. The summed E-state index contributed by atoms with van der Waals surface area (Å²) in [6, 6.07) is 6.64. The Morgan fingerprint density at radius 3 is 2.06 bits per heavy atom. The number of nitrogens with zero attached hydrogens (tertiary/aromatic N) is 7. The maximum absolute atomic E-state index is 8.75. The monoisotopic (exact) mass is 451 g/mol. The van der Waals surface area contributed by atoms with Gasteiger partial charge in [-0.15, -0.1) is 0 Å². The highest BCUT2D eigenvalue weighted by Gasteiger charge is 2.26. The summed E-state index contributed by atoms with van der Waals surface area (Å²) in [6.45, 7) is 10.4. The maximum Gasteiger partial charge on any atom is 0.142 e. The third kappa shape index (κ3) is 6.50. The van der Waals surface area contributed by atoms with Crippen LogP contribution >= 0.6 is 0 Å². The highest BCUT2D eigenvalue weighted by Crippen LogP contribution is 2.41. The van der Waals surface area contributed by atoms with Crippen molar-refractivity contribution in [2.75, 3.05) is 67.9 Å². The first-order valence-electron chi connectivity index (χ1n) is 12.0. The molecule has 0 amide bonds. The Labute approximate surface area is 200 Å². The normalized spacial score (nSPS) is 14.3. The van der Waals surface area contributed by atoms with E-state index in [9.17, 15) is 0 Å². The molecule has 7 nitrogen and oxygen atoms in total. The molecular weight excluding hydrogens is 410 g/mol. The zero-order chi connectivity index (χ0) is 24.7. The Hall–Kier alpha value is -3.01. The molecule has 33 heavy (non-hydrogen) atoms. The Balaban J connectivity index is 0.000000221. The predicted molar refractivity (Wildman–Crippen MR) is 141 cm³/mol. The van der Waals surface area contributed by atoms with Gasteiger partial charge in [0, 0.05) is 72.0 Å². The van der Waals surface area contributed by atoms with Crippen LogP contribution in [0.4, 0.5) is 22.7 Å². The Bertz CT molecular complexity index is 944. The number of anilines is 4. The molecule has 1 aliphatic heterocycles. The maximum atomic E-state index is 8.75. The molecule has 0 unspecified atom stereocenters. The fraction of sp³-hybridized carbons (Fsp3) is 0.577. The summed E-state index contributed by atoms with van der Waals surface area (Å²) in [6.07, 6.45) is 6.41. The van der Waals surface area contributed by atoms with Crippen LogP contribution in [0.25, 0.3) is 0 Å². The zero-order valence-corrected chi connectivity index (χ0v) is 21.9. The van der Waals surface area contributed by atoms with Crippen LogP contribution in [-0.4, -0.2) is 64.3 Å².